The normalized spacial score (nSPS) is 19.1. The van der Waals surface area contributed by atoms with Crippen LogP contribution in [0.3, 0.4) is 0 Å². The van der Waals surface area contributed by atoms with E-state index in [1.165, 1.54) is 10.4 Å². The van der Waals surface area contributed by atoms with Crippen LogP contribution >= 0.6 is 11.3 Å². The molecule has 0 saturated heterocycles. The zero-order valence-electron chi connectivity index (χ0n) is 11.2. The monoisotopic (exact) mass is 286 g/mol. The number of hydrogen-bond donors (Lipinski definition) is 2. The lowest BCUT2D eigenvalue weighted by atomic mass is 9.93. The third kappa shape index (κ3) is 2.62. The van der Waals surface area contributed by atoms with Gasteiger partial charge in [0.25, 0.3) is 0 Å². The van der Waals surface area contributed by atoms with Crippen molar-refractivity contribution in [3.8, 4) is 0 Å². The average Bonchev–Trinajstić information content (AvgIpc) is 2.97. The molecule has 0 fully saturated rings. The fourth-order valence-corrected chi connectivity index (χ4v) is 3.70. The van der Waals surface area contributed by atoms with E-state index in [2.05, 4.69) is 16.8 Å². The molecule has 1 heterocycles. The number of nitrogens with one attached hydrogen (secondary N) is 1. The molecule has 1 aromatic heterocycles. The molecular formula is C16H18N2OS. The van der Waals surface area contributed by atoms with Gasteiger partial charge in [-0.1, -0.05) is 30.3 Å². The maximum absolute atomic E-state index is 12.3. The van der Waals surface area contributed by atoms with Crippen molar-refractivity contribution in [2.75, 3.05) is 0 Å². The van der Waals surface area contributed by atoms with Crippen molar-refractivity contribution in [2.45, 2.75) is 31.3 Å². The van der Waals surface area contributed by atoms with E-state index in [1.54, 1.807) is 11.3 Å². The topological polar surface area (TPSA) is 55.1 Å². The molecule has 2 aromatic rings. The number of carbonyl (C=O) groups is 1. The molecule has 1 amide bonds. The van der Waals surface area contributed by atoms with Gasteiger partial charge >= 0.3 is 0 Å². The minimum Gasteiger partial charge on any atom is -0.348 e. The highest BCUT2D eigenvalue weighted by molar-refractivity contribution is 7.10. The number of aryl methyl sites for hydroxylation is 1. The molecule has 104 valence electrons. The number of rotatable bonds is 3. The molecule has 1 aliphatic rings. The molecule has 1 aliphatic carbocycles. The lowest BCUT2D eigenvalue weighted by Gasteiger charge is -2.25. The standard InChI is InChI=1S/C16H18N2OS/c17-15(11-5-2-1-3-6-11)16(19)18-13-7-4-8-14-12(13)9-10-20-14/h1-3,5-6,9-10,13,15H,4,7-8,17H2,(H,18,19)/t13?,15-/m0/s1. The van der Waals surface area contributed by atoms with Crippen LogP contribution in [0.5, 0.6) is 0 Å². The van der Waals surface area contributed by atoms with Gasteiger partial charge in [-0.05, 0) is 41.8 Å². The second kappa shape index (κ2) is 5.77. The smallest absolute Gasteiger partial charge is 0.241 e. The Morgan fingerprint density at radius 3 is 2.90 bits per heavy atom. The minimum absolute atomic E-state index is 0.0970. The molecule has 0 radical (unpaired) electrons. The van der Waals surface area contributed by atoms with Crippen molar-refractivity contribution < 1.29 is 4.79 Å². The van der Waals surface area contributed by atoms with Crippen LogP contribution in [0, 0.1) is 0 Å². The van der Waals surface area contributed by atoms with Gasteiger partial charge < -0.3 is 11.1 Å². The van der Waals surface area contributed by atoms with Crippen molar-refractivity contribution in [3.05, 3.63) is 57.8 Å². The molecule has 4 heteroatoms. The van der Waals surface area contributed by atoms with Gasteiger partial charge in [-0.3, -0.25) is 4.79 Å². The van der Waals surface area contributed by atoms with Crippen molar-refractivity contribution in [3.63, 3.8) is 0 Å². The molecule has 0 saturated carbocycles. The molecule has 3 rings (SSSR count). The van der Waals surface area contributed by atoms with Crippen LogP contribution in [0.1, 0.15) is 40.9 Å². The SMILES string of the molecule is N[C@H](C(=O)NC1CCCc2sccc21)c1ccccc1. The van der Waals surface area contributed by atoms with E-state index in [4.69, 9.17) is 5.73 Å². The van der Waals surface area contributed by atoms with Crippen LogP contribution in [0.15, 0.2) is 41.8 Å². The summed E-state index contributed by atoms with van der Waals surface area (Å²) in [6, 6.07) is 11.2. The van der Waals surface area contributed by atoms with Gasteiger partial charge in [0.1, 0.15) is 6.04 Å². The highest BCUT2D eigenvalue weighted by Gasteiger charge is 2.25. The Labute approximate surface area is 122 Å². The average molecular weight is 286 g/mol. The number of carbonyl (C=O) groups excluding carboxylic acids is 1. The summed E-state index contributed by atoms with van der Waals surface area (Å²) in [7, 11) is 0. The van der Waals surface area contributed by atoms with Gasteiger partial charge in [0.2, 0.25) is 5.91 Å². The number of hydrogen-bond acceptors (Lipinski definition) is 3. The summed E-state index contributed by atoms with van der Waals surface area (Å²) in [4.78, 5) is 13.7. The Hall–Kier alpha value is -1.65. The number of benzene rings is 1. The molecule has 2 atom stereocenters. The van der Waals surface area contributed by atoms with Gasteiger partial charge in [-0.25, -0.2) is 0 Å². The van der Waals surface area contributed by atoms with Crippen LogP contribution in [0.2, 0.25) is 0 Å². The molecule has 1 aromatic carbocycles. The lowest BCUT2D eigenvalue weighted by Crippen LogP contribution is -2.37. The van der Waals surface area contributed by atoms with Crippen LogP contribution < -0.4 is 11.1 Å². The fourth-order valence-electron chi connectivity index (χ4n) is 2.71. The van der Waals surface area contributed by atoms with E-state index in [0.717, 1.165) is 24.8 Å². The summed E-state index contributed by atoms with van der Waals surface area (Å²) in [5.41, 5.74) is 8.17. The largest absolute Gasteiger partial charge is 0.348 e. The van der Waals surface area contributed by atoms with Gasteiger partial charge in [0, 0.05) is 4.88 Å². The summed E-state index contributed by atoms with van der Waals surface area (Å²) in [6.45, 7) is 0. The van der Waals surface area contributed by atoms with Crippen molar-refractivity contribution in [1.29, 1.82) is 0 Å². The third-order valence-electron chi connectivity index (χ3n) is 3.81. The highest BCUT2D eigenvalue weighted by Crippen LogP contribution is 2.33. The summed E-state index contributed by atoms with van der Waals surface area (Å²) < 4.78 is 0. The van der Waals surface area contributed by atoms with Gasteiger partial charge in [0.15, 0.2) is 0 Å². The Bertz CT molecular complexity index is 594. The van der Waals surface area contributed by atoms with Gasteiger partial charge in [-0.15, -0.1) is 11.3 Å². The van der Waals surface area contributed by atoms with E-state index in [1.807, 2.05) is 30.3 Å². The number of nitrogens with two attached hydrogens (primary N) is 1. The number of thiophene rings is 1. The Kier molecular flexibility index (Phi) is 3.85. The van der Waals surface area contributed by atoms with Gasteiger partial charge in [-0.2, -0.15) is 0 Å². The predicted molar refractivity (Wildman–Crippen MR) is 81.5 cm³/mol. The fraction of sp³-hybridized carbons (Fsp3) is 0.312. The second-order valence-electron chi connectivity index (χ2n) is 5.14. The zero-order valence-corrected chi connectivity index (χ0v) is 12.0. The second-order valence-corrected chi connectivity index (χ2v) is 6.14. The predicted octanol–water partition coefficient (Wildman–Crippen LogP) is 2.94. The first-order valence-corrected chi connectivity index (χ1v) is 7.81. The number of amides is 1. The molecule has 0 aliphatic heterocycles. The van der Waals surface area contributed by atoms with E-state index in [9.17, 15) is 4.79 Å². The van der Waals surface area contributed by atoms with E-state index in [0.29, 0.717) is 0 Å². The van der Waals surface area contributed by atoms with Crippen molar-refractivity contribution in [1.82, 2.24) is 5.32 Å². The molecule has 1 unspecified atom stereocenters. The summed E-state index contributed by atoms with van der Waals surface area (Å²) >= 11 is 1.78. The maximum atomic E-state index is 12.3. The Morgan fingerprint density at radius 1 is 1.30 bits per heavy atom. The maximum Gasteiger partial charge on any atom is 0.241 e. The third-order valence-corrected chi connectivity index (χ3v) is 4.81. The first-order chi connectivity index (χ1) is 9.75. The van der Waals surface area contributed by atoms with E-state index < -0.39 is 6.04 Å². The van der Waals surface area contributed by atoms with Gasteiger partial charge in [0.05, 0.1) is 6.04 Å². The van der Waals surface area contributed by atoms with Crippen molar-refractivity contribution >= 4 is 17.2 Å². The van der Waals surface area contributed by atoms with Crippen LogP contribution in [0.4, 0.5) is 0 Å². The number of fused-ring (bicyclic) bond motifs is 1. The Morgan fingerprint density at radius 2 is 2.10 bits per heavy atom. The summed E-state index contributed by atoms with van der Waals surface area (Å²) in [6.07, 6.45) is 3.25. The minimum atomic E-state index is -0.597. The molecule has 3 nitrogen and oxygen atoms in total. The molecule has 0 bridgehead atoms. The van der Waals surface area contributed by atoms with E-state index in [-0.39, 0.29) is 11.9 Å². The Balaban J connectivity index is 1.72. The first-order valence-electron chi connectivity index (χ1n) is 6.93. The summed E-state index contributed by atoms with van der Waals surface area (Å²) in [5.74, 6) is -0.0970. The highest BCUT2D eigenvalue weighted by atomic mass is 32.1. The summed E-state index contributed by atoms with van der Waals surface area (Å²) in [5, 5.41) is 5.21. The van der Waals surface area contributed by atoms with Crippen LogP contribution in [-0.2, 0) is 11.2 Å². The quantitative estimate of drug-likeness (QED) is 0.911. The lowest BCUT2D eigenvalue weighted by molar-refractivity contribution is -0.123. The van der Waals surface area contributed by atoms with Crippen molar-refractivity contribution in [2.24, 2.45) is 5.73 Å². The molecular weight excluding hydrogens is 268 g/mol. The van der Waals surface area contributed by atoms with E-state index >= 15 is 0 Å². The molecule has 3 N–H and O–H groups in total. The zero-order chi connectivity index (χ0) is 13.9. The van der Waals surface area contributed by atoms with Crippen LogP contribution in [0.25, 0.3) is 0 Å². The molecule has 20 heavy (non-hydrogen) atoms. The van der Waals surface area contributed by atoms with Crippen LogP contribution in [-0.4, -0.2) is 5.91 Å². The first kappa shape index (κ1) is 13.3. The molecule has 0 spiro atoms.